The number of hydrogen-bond acceptors (Lipinski definition) is 5. The molecule has 0 aromatic carbocycles. The summed E-state index contributed by atoms with van der Waals surface area (Å²) in [6.45, 7) is 4.93. The average molecular weight is 375 g/mol. The van der Waals surface area contributed by atoms with Crippen molar-refractivity contribution in [1.29, 1.82) is 0 Å². The van der Waals surface area contributed by atoms with Crippen LogP contribution in [-0.4, -0.2) is 38.0 Å². The lowest BCUT2D eigenvalue weighted by Gasteiger charge is -2.26. The van der Waals surface area contributed by atoms with Crippen LogP contribution in [0.4, 0.5) is 0 Å². The first-order chi connectivity index (χ1) is 10.6. The molecule has 2 heterocycles. The first kappa shape index (κ1) is 22.3. The lowest BCUT2D eigenvalue weighted by molar-refractivity contribution is 0.0937. The summed E-state index contributed by atoms with van der Waals surface area (Å²) in [5, 5.41) is 10.7. The Balaban J connectivity index is 0.00000264. The number of aromatic nitrogens is 4. The molecule has 1 amide bonds. The number of amides is 1. The molecule has 0 aliphatic heterocycles. The Morgan fingerprint density at radius 3 is 2.58 bits per heavy atom. The number of pyridine rings is 1. The van der Waals surface area contributed by atoms with Gasteiger partial charge in [0.25, 0.3) is 5.91 Å². The Morgan fingerprint density at radius 1 is 1.29 bits per heavy atom. The number of halogens is 2. The molecule has 3 N–H and O–H groups in total. The SMILES string of the molecule is CCC(N)(CC)CNC(=O)c1cn(Cc2ccccn2)nn1.Cl.Cl. The van der Waals surface area contributed by atoms with Crippen molar-refractivity contribution in [2.45, 2.75) is 38.8 Å². The Hall–Kier alpha value is -1.70. The van der Waals surface area contributed by atoms with E-state index in [4.69, 9.17) is 5.73 Å². The second-order valence-corrected chi connectivity index (χ2v) is 5.37. The third kappa shape index (κ3) is 6.07. The lowest BCUT2D eigenvalue weighted by Crippen LogP contribution is -2.49. The van der Waals surface area contributed by atoms with Gasteiger partial charge in [-0.3, -0.25) is 9.78 Å². The number of carbonyl (C=O) groups excluding carboxylic acids is 1. The number of nitrogens with one attached hydrogen (secondary N) is 1. The molecule has 0 bridgehead atoms. The molecule has 9 heteroatoms. The summed E-state index contributed by atoms with van der Waals surface area (Å²) in [5.74, 6) is -0.260. The molecule has 7 nitrogen and oxygen atoms in total. The van der Waals surface area contributed by atoms with Gasteiger partial charge < -0.3 is 11.1 Å². The smallest absolute Gasteiger partial charge is 0.273 e. The van der Waals surface area contributed by atoms with Gasteiger partial charge in [0.05, 0.1) is 18.4 Å². The van der Waals surface area contributed by atoms with Gasteiger partial charge in [-0.2, -0.15) is 0 Å². The molecule has 0 spiro atoms. The van der Waals surface area contributed by atoms with E-state index in [2.05, 4.69) is 20.6 Å². The maximum atomic E-state index is 12.1. The molecular formula is C15H24Cl2N6O. The van der Waals surface area contributed by atoms with E-state index < -0.39 is 0 Å². The second kappa shape index (κ2) is 10.2. The third-order valence-electron chi connectivity index (χ3n) is 3.83. The van der Waals surface area contributed by atoms with E-state index in [1.165, 1.54) is 0 Å². The first-order valence-electron chi connectivity index (χ1n) is 7.43. The average Bonchev–Trinajstić information content (AvgIpc) is 3.02. The van der Waals surface area contributed by atoms with E-state index in [9.17, 15) is 4.79 Å². The molecule has 0 fully saturated rings. The summed E-state index contributed by atoms with van der Waals surface area (Å²) in [5.41, 5.74) is 6.93. The van der Waals surface area contributed by atoms with E-state index in [0.29, 0.717) is 13.1 Å². The topological polar surface area (TPSA) is 98.7 Å². The van der Waals surface area contributed by atoms with Crippen LogP contribution < -0.4 is 11.1 Å². The van der Waals surface area contributed by atoms with Gasteiger partial charge in [0.2, 0.25) is 0 Å². The molecule has 0 saturated carbocycles. The van der Waals surface area contributed by atoms with E-state index in [1.807, 2.05) is 32.0 Å². The van der Waals surface area contributed by atoms with E-state index in [-0.39, 0.29) is 42.0 Å². The van der Waals surface area contributed by atoms with Gasteiger partial charge in [0, 0.05) is 18.3 Å². The number of nitrogens with zero attached hydrogens (tertiary/aromatic N) is 4. The molecule has 0 aliphatic carbocycles. The number of rotatable bonds is 7. The van der Waals surface area contributed by atoms with E-state index in [0.717, 1.165) is 18.5 Å². The van der Waals surface area contributed by atoms with Gasteiger partial charge in [-0.1, -0.05) is 25.1 Å². The van der Waals surface area contributed by atoms with Crippen LogP contribution >= 0.6 is 24.8 Å². The predicted octanol–water partition coefficient (Wildman–Crippen LogP) is 1.81. The first-order valence-corrected chi connectivity index (χ1v) is 7.43. The minimum Gasteiger partial charge on any atom is -0.349 e. The van der Waals surface area contributed by atoms with Crippen LogP contribution in [0.5, 0.6) is 0 Å². The van der Waals surface area contributed by atoms with Crippen molar-refractivity contribution in [2.24, 2.45) is 5.73 Å². The normalized spacial score (nSPS) is 10.5. The zero-order valence-corrected chi connectivity index (χ0v) is 15.4. The molecule has 0 saturated heterocycles. The van der Waals surface area contributed by atoms with Crippen molar-refractivity contribution in [2.75, 3.05) is 6.54 Å². The molecular weight excluding hydrogens is 351 g/mol. The van der Waals surface area contributed by atoms with Crippen molar-refractivity contribution in [3.8, 4) is 0 Å². The van der Waals surface area contributed by atoms with E-state index >= 15 is 0 Å². The molecule has 0 atom stereocenters. The molecule has 0 radical (unpaired) electrons. The number of carbonyl (C=O) groups is 1. The highest BCUT2D eigenvalue weighted by Crippen LogP contribution is 2.09. The minimum atomic E-state index is -0.375. The quantitative estimate of drug-likeness (QED) is 0.769. The van der Waals surface area contributed by atoms with Crippen molar-refractivity contribution >= 4 is 30.7 Å². The summed E-state index contributed by atoms with van der Waals surface area (Å²) in [7, 11) is 0. The van der Waals surface area contributed by atoms with Crippen molar-refractivity contribution in [3.63, 3.8) is 0 Å². The fourth-order valence-electron chi connectivity index (χ4n) is 1.98. The highest BCUT2D eigenvalue weighted by atomic mass is 35.5. The standard InChI is InChI=1S/C15H22N6O.2ClH/c1-3-15(16,4-2)11-18-14(22)13-10-21(20-19-13)9-12-7-5-6-8-17-12;;/h5-8,10H,3-4,9,11,16H2,1-2H3,(H,18,22);2*1H. The number of hydrogen-bond donors (Lipinski definition) is 2. The van der Waals surface area contributed by atoms with E-state index in [1.54, 1.807) is 17.1 Å². The fraction of sp³-hybridized carbons (Fsp3) is 0.467. The van der Waals surface area contributed by atoms with Crippen molar-refractivity contribution in [1.82, 2.24) is 25.3 Å². The Labute approximate surface area is 154 Å². The maximum absolute atomic E-state index is 12.1. The fourth-order valence-corrected chi connectivity index (χ4v) is 1.98. The highest BCUT2D eigenvalue weighted by molar-refractivity contribution is 5.91. The zero-order chi connectivity index (χ0) is 16.0. The Bertz CT molecular complexity index is 615. The minimum absolute atomic E-state index is 0. The predicted molar refractivity (Wildman–Crippen MR) is 97.7 cm³/mol. The largest absolute Gasteiger partial charge is 0.349 e. The van der Waals surface area contributed by atoms with Crippen LogP contribution in [0.3, 0.4) is 0 Å². The lowest BCUT2D eigenvalue weighted by atomic mass is 9.94. The Kier molecular flexibility index (Phi) is 9.50. The van der Waals surface area contributed by atoms with Crippen LogP contribution in [0.1, 0.15) is 42.9 Å². The summed E-state index contributed by atoms with van der Waals surface area (Å²) in [4.78, 5) is 16.3. The van der Waals surface area contributed by atoms with Crippen LogP contribution in [0.15, 0.2) is 30.6 Å². The van der Waals surface area contributed by atoms with Crippen LogP contribution in [0.25, 0.3) is 0 Å². The zero-order valence-electron chi connectivity index (χ0n) is 13.8. The third-order valence-corrected chi connectivity index (χ3v) is 3.83. The van der Waals surface area contributed by atoms with Crippen molar-refractivity contribution in [3.05, 3.63) is 42.0 Å². The van der Waals surface area contributed by atoms with Gasteiger partial charge in [0.15, 0.2) is 5.69 Å². The van der Waals surface area contributed by atoms with Crippen LogP contribution in [-0.2, 0) is 6.54 Å². The number of nitrogens with two attached hydrogens (primary N) is 1. The molecule has 24 heavy (non-hydrogen) atoms. The van der Waals surface area contributed by atoms with Gasteiger partial charge in [-0.05, 0) is 25.0 Å². The highest BCUT2D eigenvalue weighted by Gasteiger charge is 2.22. The van der Waals surface area contributed by atoms with Gasteiger partial charge in [-0.25, -0.2) is 4.68 Å². The van der Waals surface area contributed by atoms with Crippen molar-refractivity contribution < 1.29 is 4.79 Å². The van der Waals surface area contributed by atoms with Crippen LogP contribution in [0, 0.1) is 0 Å². The van der Waals surface area contributed by atoms with Gasteiger partial charge >= 0.3 is 0 Å². The molecule has 134 valence electrons. The summed E-state index contributed by atoms with van der Waals surface area (Å²) >= 11 is 0. The molecule has 2 rings (SSSR count). The van der Waals surface area contributed by atoms with Gasteiger partial charge in [-0.15, -0.1) is 29.9 Å². The summed E-state index contributed by atoms with van der Waals surface area (Å²) < 4.78 is 1.59. The van der Waals surface area contributed by atoms with Crippen LogP contribution in [0.2, 0.25) is 0 Å². The molecule has 0 aliphatic rings. The maximum Gasteiger partial charge on any atom is 0.273 e. The monoisotopic (exact) mass is 374 g/mol. The summed E-state index contributed by atoms with van der Waals surface area (Å²) in [6, 6.07) is 5.65. The second-order valence-electron chi connectivity index (χ2n) is 5.37. The Morgan fingerprint density at radius 2 is 2.00 bits per heavy atom. The molecule has 2 aromatic heterocycles. The molecule has 0 unspecified atom stereocenters. The van der Waals surface area contributed by atoms with Gasteiger partial charge in [0.1, 0.15) is 0 Å². The molecule has 2 aromatic rings. The summed E-state index contributed by atoms with van der Waals surface area (Å²) in [6.07, 6.45) is 4.93.